The van der Waals surface area contributed by atoms with Crippen molar-refractivity contribution in [2.24, 2.45) is 5.73 Å². The molecule has 0 atom stereocenters. The van der Waals surface area contributed by atoms with Crippen LogP contribution in [-0.4, -0.2) is 24.7 Å². The van der Waals surface area contributed by atoms with Crippen molar-refractivity contribution < 1.29 is 14.3 Å². The summed E-state index contributed by atoms with van der Waals surface area (Å²) >= 11 is 0. The third-order valence-electron chi connectivity index (χ3n) is 5.25. The summed E-state index contributed by atoms with van der Waals surface area (Å²) < 4.78 is 11.7. The van der Waals surface area contributed by atoms with Crippen molar-refractivity contribution in [3.05, 3.63) is 23.8 Å². The Morgan fingerprint density at radius 2 is 1.92 bits per heavy atom. The molecule has 6 heteroatoms. The van der Waals surface area contributed by atoms with Gasteiger partial charge in [-0.05, 0) is 44.6 Å². The van der Waals surface area contributed by atoms with Crippen LogP contribution in [0.1, 0.15) is 56.9 Å². The van der Waals surface area contributed by atoms with Crippen molar-refractivity contribution in [1.29, 1.82) is 0 Å². The predicted octanol–water partition coefficient (Wildman–Crippen LogP) is 3.33. The zero-order chi connectivity index (χ0) is 17.0. The van der Waals surface area contributed by atoms with Gasteiger partial charge in [-0.25, -0.2) is 0 Å². The molecule has 0 aromatic heterocycles. The monoisotopic (exact) mass is 368 g/mol. The Bertz CT molecular complexity index is 582. The van der Waals surface area contributed by atoms with Gasteiger partial charge in [0.05, 0.1) is 18.8 Å². The number of methoxy groups -OCH3 is 1. The first-order valence-electron chi connectivity index (χ1n) is 9.02. The van der Waals surface area contributed by atoms with E-state index in [1.54, 1.807) is 7.11 Å². The molecule has 0 heterocycles. The van der Waals surface area contributed by atoms with Crippen LogP contribution >= 0.6 is 12.4 Å². The topological polar surface area (TPSA) is 73.6 Å². The molecule has 0 spiro atoms. The first-order chi connectivity index (χ1) is 11.6. The minimum absolute atomic E-state index is 0. The smallest absolute Gasteiger partial charge is 0.240 e. The molecule has 0 aliphatic heterocycles. The standard InChI is InChI=1S/C19H28N2O3.ClH/c1-23-16-10-6-7-14(17(16)24-15-8-2-3-9-15)13-21-18(22)19(20)11-4-5-12-19;/h6-7,10,15H,2-5,8-9,11-13,20H2,1H3,(H,21,22);1H. The van der Waals surface area contributed by atoms with Gasteiger partial charge in [0.2, 0.25) is 5.91 Å². The van der Waals surface area contributed by atoms with E-state index in [1.807, 2.05) is 18.2 Å². The Labute approximate surface area is 156 Å². The highest BCUT2D eigenvalue weighted by atomic mass is 35.5. The fourth-order valence-electron chi connectivity index (χ4n) is 3.75. The highest BCUT2D eigenvalue weighted by Gasteiger charge is 2.36. The summed E-state index contributed by atoms with van der Waals surface area (Å²) in [5.41, 5.74) is 6.46. The first-order valence-corrected chi connectivity index (χ1v) is 9.02. The molecule has 2 saturated carbocycles. The van der Waals surface area contributed by atoms with Crippen molar-refractivity contribution in [3.8, 4) is 11.5 Å². The molecular weight excluding hydrogens is 340 g/mol. The Hall–Kier alpha value is -1.46. The number of halogens is 1. The molecule has 25 heavy (non-hydrogen) atoms. The minimum atomic E-state index is -0.703. The summed E-state index contributed by atoms with van der Waals surface area (Å²) in [6.45, 7) is 0.414. The van der Waals surface area contributed by atoms with Crippen molar-refractivity contribution in [2.75, 3.05) is 7.11 Å². The fourth-order valence-corrected chi connectivity index (χ4v) is 3.75. The molecule has 2 aliphatic carbocycles. The molecule has 2 aliphatic rings. The van der Waals surface area contributed by atoms with Gasteiger partial charge in [0.15, 0.2) is 11.5 Å². The molecule has 5 nitrogen and oxygen atoms in total. The Kier molecular flexibility index (Phi) is 6.96. The fraction of sp³-hybridized carbons (Fsp3) is 0.632. The SMILES string of the molecule is COc1cccc(CNC(=O)C2(N)CCCC2)c1OC1CCCC1.Cl. The maximum atomic E-state index is 12.4. The number of hydrogen-bond donors (Lipinski definition) is 2. The Morgan fingerprint density at radius 1 is 1.24 bits per heavy atom. The summed E-state index contributed by atoms with van der Waals surface area (Å²) in [5, 5.41) is 3.00. The van der Waals surface area contributed by atoms with Crippen molar-refractivity contribution in [2.45, 2.75) is 69.6 Å². The van der Waals surface area contributed by atoms with E-state index in [2.05, 4.69) is 5.32 Å². The number of para-hydroxylation sites is 1. The zero-order valence-corrected chi connectivity index (χ0v) is 15.7. The van der Waals surface area contributed by atoms with Gasteiger partial charge in [-0.15, -0.1) is 12.4 Å². The van der Waals surface area contributed by atoms with E-state index in [4.69, 9.17) is 15.2 Å². The molecule has 3 N–H and O–H groups in total. The summed E-state index contributed by atoms with van der Waals surface area (Å²) in [6, 6.07) is 5.80. The first kappa shape index (κ1) is 19.9. The maximum Gasteiger partial charge on any atom is 0.240 e. The molecule has 1 aromatic rings. The van der Waals surface area contributed by atoms with Gasteiger partial charge in [-0.2, -0.15) is 0 Å². The molecule has 140 valence electrons. The van der Waals surface area contributed by atoms with E-state index in [0.29, 0.717) is 6.54 Å². The summed E-state index contributed by atoms with van der Waals surface area (Å²) in [5.74, 6) is 1.41. The third-order valence-corrected chi connectivity index (χ3v) is 5.25. The number of ether oxygens (including phenoxy) is 2. The van der Waals surface area contributed by atoms with Crippen molar-refractivity contribution in [1.82, 2.24) is 5.32 Å². The number of benzene rings is 1. The van der Waals surface area contributed by atoms with E-state index in [-0.39, 0.29) is 24.4 Å². The van der Waals surface area contributed by atoms with Crippen LogP contribution in [0.4, 0.5) is 0 Å². The van der Waals surface area contributed by atoms with Crippen LogP contribution in [0, 0.1) is 0 Å². The molecule has 0 radical (unpaired) electrons. The van der Waals surface area contributed by atoms with Crippen LogP contribution < -0.4 is 20.5 Å². The number of carbonyl (C=O) groups excluding carboxylic acids is 1. The minimum Gasteiger partial charge on any atom is -0.493 e. The molecular formula is C19H29ClN2O3. The van der Waals surface area contributed by atoms with Gasteiger partial charge < -0.3 is 20.5 Å². The summed E-state index contributed by atoms with van der Waals surface area (Å²) in [7, 11) is 1.65. The Balaban J connectivity index is 0.00000225. The van der Waals surface area contributed by atoms with E-state index >= 15 is 0 Å². The number of nitrogens with one attached hydrogen (secondary N) is 1. The summed E-state index contributed by atoms with van der Waals surface area (Å²) in [6.07, 6.45) is 8.41. The lowest BCUT2D eigenvalue weighted by molar-refractivity contribution is -0.126. The van der Waals surface area contributed by atoms with E-state index < -0.39 is 5.54 Å². The van der Waals surface area contributed by atoms with Gasteiger partial charge >= 0.3 is 0 Å². The van der Waals surface area contributed by atoms with Gasteiger partial charge in [-0.3, -0.25) is 4.79 Å². The predicted molar refractivity (Wildman–Crippen MR) is 100 cm³/mol. The maximum absolute atomic E-state index is 12.4. The lowest BCUT2D eigenvalue weighted by atomic mass is 9.98. The molecule has 2 fully saturated rings. The van der Waals surface area contributed by atoms with E-state index in [1.165, 1.54) is 12.8 Å². The second kappa shape index (κ2) is 8.77. The van der Waals surface area contributed by atoms with Crippen molar-refractivity contribution >= 4 is 18.3 Å². The number of amides is 1. The third kappa shape index (κ3) is 4.59. The van der Waals surface area contributed by atoms with Crippen LogP contribution in [0.5, 0.6) is 11.5 Å². The van der Waals surface area contributed by atoms with E-state index in [0.717, 1.165) is 55.6 Å². The lowest BCUT2D eigenvalue weighted by Gasteiger charge is -2.23. The highest BCUT2D eigenvalue weighted by Crippen LogP contribution is 2.35. The second-order valence-corrected chi connectivity index (χ2v) is 7.02. The quantitative estimate of drug-likeness (QED) is 0.807. The second-order valence-electron chi connectivity index (χ2n) is 7.02. The molecule has 1 aromatic carbocycles. The Morgan fingerprint density at radius 3 is 2.56 bits per heavy atom. The zero-order valence-electron chi connectivity index (χ0n) is 14.9. The normalized spacial score (nSPS) is 19.3. The molecule has 0 saturated heterocycles. The van der Waals surface area contributed by atoms with Crippen LogP contribution in [0.15, 0.2) is 18.2 Å². The number of hydrogen-bond acceptors (Lipinski definition) is 4. The van der Waals surface area contributed by atoms with Crippen LogP contribution in [0.2, 0.25) is 0 Å². The lowest BCUT2D eigenvalue weighted by Crippen LogP contribution is -2.51. The summed E-state index contributed by atoms with van der Waals surface area (Å²) in [4.78, 5) is 12.4. The van der Waals surface area contributed by atoms with Crippen LogP contribution in [-0.2, 0) is 11.3 Å². The average molecular weight is 369 g/mol. The van der Waals surface area contributed by atoms with Gasteiger partial charge in [-0.1, -0.05) is 25.0 Å². The van der Waals surface area contributed by atoms with Crippen LogP contribution in [0.25, 0.3) is 0 Å². The molecule has 0 bridgehead atoms. The highest BCUT2D eigenvalue weighted by molar-refractivity contribution is 5.86. The molecule has 1 amide bonds. The van der Waals surface area contributed by atoms with Gasteiger partial charge in [0.1, 0.15) is 0 Å². The van der Waals surface area contributed by atoms with Gasteiger partial charge in [0.25, 0.3) is 0 Å². The van der Waals surface area contributed by atoms with E-state index in [9.17, 15) is 4.79 Å². The van der Waals surface area contributed by atoms with Gasteiger partial charge in [0, 0.05) is 12.1 Å². The number of nitrogens with two attached hydrogens (primary N) is 1. The average Bonchev–Trinajstić information content (AvgIpc) is 3.26. The number of carbonyl (C=O) groups is 1. The largest absolute Gasteiger partial charge is 0.493 e. The molecule has 3 rings (SSSR count). The van der Waals surface area contributed by atoms with Crippen LogP contribution in [0.3, 0.4) is 0 Å². The number of rotatable bonds is 6. The van der Waals surface area contributed by atoms with Crippen molar-refractivity contribution in [3.63, 3.8) is 0 Å². The molecule has 0 unspecified atom stereocenters.